The Balaban J connectivity index is 1.63. The minimum Gasteiger partial charge on any atom is -0.348 e. The molecule has 3 amide bonds. The Labute approximate surface area is 197 Å². The lowest BCUT2D eigenvalue weighted by Gasteiger charge is -2.42. The van der Waals surface area contributed by atoms with E-state index in [4.69, 9.17) is 0 Å². The third-order valence-corrected chi connectivity index (χ3v) is 5.63. The smallest absolute Gasteiger partial charge is 0.343 e. The number of halogens is 5. The zero-order valence-electron chi connectivity index (χ0n) is 18.6. The maximum atomic E-state index is 13.9. The topological polar surface area (TPSA) is 55.9 Å². The summed E-state index contributed by atoms with van der Waals surface area (Å²) >= 11 is 0. The van der Waals surface area contributed by atoms with E-state index < -0.39 is 53.1 Å². The molecule has 0 aliphatic carbocycles. The van der Waals surface area contributed by atoms with Gasteiger partial charge in [-0.2, -0.15) is 0 Å². The molecule has 35 heavy (non-hydrogen) atoms. The van der Waals surface area contributed by atoms with Crippen LogP contribution in [-0.4, -0.2) is 31.0 Å². The zero-order valence-corrected chi connectivity index (χ0v) is 18.6. The lowest BCUT2D eigenvalue weighted by molar-refractivity contribution is 0.0950. The average Bonchev–Trinajstić information content (AvgIpc) is 2.78. The fourth-order valence-corrected chi connectivity index (χ4v) is 3.77. The zero-order chi connectivity index (χ0) is 25.4. The molecule has 0 unspecified atom stereocenters. The standard InChI is InChI=1S/C24H19F5N4O2/c1-31-21-4-3-14(23(34)30-11-18-19(28)9-17(27)10-20(18)29)7-22(21)33(24(35)32(31)2)12-13-5-15(25)8-16(26)6-13/h3-10H,11-12H2,1-2H3,(H,30,34). The van der Waals surface area contributed by atoms with E-state index in [-0.39, 0.29) is 23.4 Å². The summed E-state index contributed by atoms with van der Waals surface area (Å²) < 4.78 is 68.3. The van der Waals surface area contributed by atoms with Gasteiger partial charge in [0.2, 0.25) is 0 Å². The van der Waals surface area contributed by atoms with Gasteiger partial charge in [-0.15, -0.1) is 0 Å². The van der Waals surface area contributed by atoms with Crippen LogP contribution in [-0.2, 0) is 13.1 Å². The molecule has 1 N–H and O–H groups in total. The number of carbonyl (C=O) groups is 2. The Bertz CT molecular complexity index is 1290. The molecule has 1 aliphatic rings. The van der Waals surface area contributed by atoms with Crippen LogP contribution in [0.1, 0.15) is 21.5 Å². The number of amides is 3. The number of hydrazine groups is 1. The Morgan fingerprint density at radius 1 is 0.800 bits per heavy atom. The minimum atomic E-state index is -1.14. The number of hydrogen-bond donors (Lipinski definition) is 1. The van der Waals surface area contributed by atoms with Gasteiger partial charge in [0.05, 0.1) is 17.9 Å². The molecule has 6 nitrogen and oxygen atoms in total. The molecule has 182 valence electrons. The number of hydrogen-bond acceptors (Lipinski definition) is 3. The second kappa shape index (κ2) is 9.24. The number of benzene rings is 3. The van der Waals surface area contributed by atoms with Crippen LogP contribution in [0.25, 0.3) is 0 Å². The van der Waals surface area contributed by atoms with Gasteiger partial charge in [0.25, 0.3) is 5.91 Å². The van der Waals surface area contributed by atoms with Gasteiger partial charge in [-0.1, -0.05) is 0 Å². The fraction of sp³-hybridized carbons (Fsp3) is 0.167. The molecular formula is C24H19F5N4O2. The summed E-state index contributed by atoms with van der Waals surface area (Å²) in [4.78, 5) is 26.9. The van der Waals surface area contributed by atoms with Crippen LogP contribution in [0.15, 0.2) is 48.5 Å². The predicted molar refractivity (Wildman–Crippen MR) is 118 cm³/mol. The first-order valence-corrected chi connectivity index (χ1v) is 10.3. The molecule has 0 fully saturated rings. The maximum absolute atomic E-state index is 13.9. The third kappa shape index (κ3) is 4.75. The van der Waals surface area contributed by atoms with E-state index in [9.17, 15) is 31.5 Å². The van der Waals surface area contributed by atoms with E-state index in [0.29, 0.717) is 23.9 Å². The molecule has 3 aromatic rings. The van der Waals surface area contributed by atoms with Crippen molar-refractivity contribution in [3.05, 3.63) is 94.3 Å². The number of fused-ring (bicyclic) bond motifs is 1. The number of rotatable bonds is 5. The Morgan fingerprint density at radius 3 is 2.03 bits per heavy atom. The highest BCUT2D eigenvalue weighted by molar-refractivity contribution is 6.03. The predicted octanol–water partition coefficient (Wildman–Crippen LogP) is 4.74. The Hall–Kier alpha value is -4.15. The highest BCUT2D eigenvalue weighted by atomic mass is 19.2. The second-order valence-electron chi connectivity index (χ2n) is 7.93. The summed E-state index contributed by atoms with van der Waals surface area (Å²) in [6, 6.07) is 7.80. The van der Waals surface area contributed by atoms with Crippen molar-refractivity contribution in [1.29, 1.82) is 0 Å². The van der Waals surface area contributed by atoms with Crippen molar-refractivity contribution in [3.8, 4) is 0 Å². The molecule has 0 aromatic heterocycles. The van der Waals surface area contributed by atoms with Gasteiger partial charge in [-0.3, -0.25) is 14.7 Å². The molecule has 4 rings (SSSR count). The van der Waals surface area contributed by atoms with Crippen LogP contribution >= 0.6 is 0 Å². The number of nitrogens with one attached hydrogen (secondary N) is 1. The number of carbonyl (C=O) groups excluding carboxylic acids is 2. The van der Waals surface area contributed by atoms with Gasteiger partial charge in [-0.25, -0.2) is 31.8 Å². The van der Waals surface area contributed by atoms with E-state index in [0.717, 1.165) is 12.1 Å². The highest BCUT2D eigenvalue weighted by Gasteiger charge is 2.32. The van der Waals surface area contributed by atoms with E-state index in [1.807, 2.05) is 0 Å². The molecule has 0 spiro atoms. The molecule has 11 heteroatoms. The summed E-state index contributed by atoms with van der Waals surface area (Å²) in [5, 5.41) is 5.19. The molecule has 1 heterocycles. The van der Waals surface area contributed by atoms with Crippen molar-refractivity contribution in [1.82, 2.24) is 10.3 Å². The summed E-state index contributed by atoms with van der Waals surface area (Å²) in [6.45, 7) is -0.725. The third-order valence-electron chi connectivity index (χ3n) is 5.63. The highest BCUT2D eigenvalue weighted by Crippen LogP contribution is 2.36. The number of anilines is 2. The summed E-state index contributed by atoms with van der Waals surface area (Å²) in [6.07, 6.45) is 0. The first-order valence-electron chi connectivity index (χ1n) is 10.3. The van der Waals surface area contributed by atoms with E-state index in [1.54, 1.807) is 13.1 Å². The van der Waals surface area contributed by atoms with Gasteiger partial charge in [0.15, 0.2) is 0 Å². The lowest BCUT2D eigenvalue weighted by Crippen LogP contribution is -2.53. The number of urea groups is 1. The van der Waals surface area contributed by atoms with Gasteiger partial charge in [0, 0.05) is 50.0 Å². The largest absolute Gasteiger partial charge is 0.348 e. The number of nitrogens with zero attached hydrogens (tertiary/aromatic N) is 3. The van der Waals surface area contributed by atoms with Gasteiger partial charge >= 0.3 is 6.03 Å². The molecule has 3 aromatic carbocycles. The van der Waals surface area contributed by atoms with Crippen molar-refractivity contribution in [3.63, 3.8) is 0 Å². The van der Waals surface area contributed by atoms with Gasteiger partial charge in [0.1, 0.15) is 29.1 Å². The fourth-order valence-electron chi connectivity index (χ4n) is 3.77. The van der Waals surface area contributed by atoms with E-state index in [1.165, 1.54) is 34.1 Å². The monoisotopic (exact) mass is 490 g/mol. The van der Waals surface area contributed by atoms with Crippen molar-refractivity contribution < 1.29 is 31.5 Å². The molecular weight excluding hydrogens is 471 g/mol. The molecule has 0 radical (unpaired) electrons. The van der Waals surface area contributed by atoms with E-state index >= 15 is 0 Å². The van der Waals surface area contributed by atoms with Crippen molar-refractivity contribution >= 4 is 23.3 Å². The molecule has 0 saturated heterocycles. The SMILES string of the molecule is CN1C(=O)N(Cc2cc(F)cc(F)c2)c2cc(C(=O)NCc3c(F)cc(F)cc3F)ccc2N1C. The molecule has 1 aliphatic heterocycles. The van der Waals surface area contributed by atoms with Crippen molar-refractivity contribution in [2.75, 3.05) is 24.0 Å². The van der Waals surface area contributed by atoms with E-state index in [2.05, 4.69) is 5.32 Å². The lowest BCUT2D eigenvalue weighted by atomic mass is 10.1. The quantitative estimate of drug-likeness (QED) is 0.526. The van der Waals surface area contributed by atoms with Crippen LogP contribution in [0.5, 0.6) is 0 Å². The molecule has 0 bridgehead atoms. The first-order chi connectivity index (χ1) is 16.5. The maximum Gasteiger partial charge on any atom is 0.343 e. The van der Waals surface area contributed by atoms with Gasteiger partial charge in [-0.05, 0) is 35.9 Å². The van der Waals surface area contributed by atoms with Crippen molar-refractivity contribution in [2.45, 2.75) is 13.1 Å². The van der Waals surface area contributed by atoms with Gasteiger partial charge < -0.3 is 5.32 Å². The van der Waals surface area contributed by atoms with Crippen molar-refractivity contribution in [2.24, 2.45) is 0 Å². The second-order valence-corrected chi connectivity index (χ2v) is 7.93. The molecule has 0 saturated carbocycles. The normalized spacial score (nSPS) is 13.2. The summed E-state index contributed by atoms with van der Waals surface area (Å²) in [5.74, 6) is -5.68. The van der Waals surface area contributed by atoms with Crippen LogP contribution in [0.2, 0.25) is 0 Å². The first kappa shape index (κ1) is 24.0. The Kier molecular flexibility index (Phi) is 6.33. The van der Waals surface area contributed by atoms with Crippen LogP contribution < -0.4 is 15.2 Å². The van der Waals surface area contributed by atoms with Crippen LogP contribution in [0.4, 0.5) is 38.1 Å². The minimum absolute atomic E-state index is 0.0628. The van der Waals surface area contributed by atoms with Crippen LogP contribution in [0, 0.1) is 29.1 Å². The Morgan fingerprint density at radius 2 is 1.40 bits per heavy atom. The van der Waals surface area contributed by atoms with Crippen LogP contribution in [0.3, 0.4) is 0 Å². The summed E-state index contributed by atoms with van der Waals surface area (Å²) in [7, 11) is 3.13. The summed E-state index contributed by atoms with van der Waals surface area (Å²) in [5.41, 5.74) is 0.553. The molecule has 0 atom stereocenters. The average molecular weight is 490 g/mol.